The largest absolute Gasteiger partial charge is 0.391 e. The molecule has 8 heteroatoms. The van der Waals surface area contributed by atoms with Crippen LogP contribution in [0.3, 0.4) is 0 Å². The van der Waals surface area contributed by atoms with E-state index in [4.69, 9.17) is 5.14 Å². The van der Waals surface area contributed by atoms with Crippen LogP contribution in [-0.4, -0.2) is 31.2 Å². The number of benzene rings is 1. The molecule has 0 aliphatic carbocycles. The van der Waals surface area contributed by atoms with Crippen molar-refractivity contribution in [2.24, 2.45) is 5.14 Å². The Hall–Kier alpha value is -1.48. The van der Waals surface area contributed by atoms with Crippen molar-refractivity contribution in [1.82, 2.24) is 4.98 Å². The Morgan fingerprint density at radius 2 is 2.05 bits per heavy atom. The predicted molar refractivity (Wildman–Crippen MR) is 78.1 cm³/mol. The molecule has 0 fully saturated rings. The van der Waals surface area contributed by atoms with E-state index in [0.29, 0.717) is 11.6 Å². The molecule has 1 atom stereocenters. The van der Waals surface area contributed by atoms with Gasteiger partial charge in [0.05, 0.1) is 12.3 Å². The van der Waals surface area contributed by atoms with E-state index in [-0.39, 0.29) is 10.8 Å². The van der Waals surface area contributed by atoms with Gasteiger partial charge >= 0.3 is 0 Å². The van der Waals surface area contributed by atoms with Gasteiger partial charge in [0, 0.05) is 13.0 Å². The zero-order valence-electron chi connectivity index (χ0n) is 10.6. The summed E-state index contributed by atoms with van der Waals surface area (Å²) in [6.07, 6.45) is 1.13. The van der Waals surface area contributed by atoms with E-state index in [1.807, 2.05) is 30.3 Å². The molecule has 1 unspecified atom stereocenters. The van der Waals surface area contributed by atoms with Crippen molar-refractivity contribution < 1.29 is 13.5 Å². The van der Waals surface area contributed by atoms with E-state index in [1.54, 1.807) is 0 Å². The molecule has 0 amide bonds. The van der Waals surface area contributed by atoms with Crippen LogP contribution in [0.25, 0.3) is 0 Å². The van der Waals surface area contributed by atoms with Gasteiger partial charge in [0.1, 0.15) is 0 Å². The lowest BCUT2D eigenvalue weighted by atomic mass is 10.1. The van der Waals surface area contributed by atoms with Crippen LogP contribution in [0.5, 0.6) is 0 Å². The van der Waals surface area contributed by atoms with E-state index in [0.717, 1.165) is 16.9 Å². The van der Waals surface area contributed by atoms with Crippen LogP contribution in [0.1, 0.15) is 5.56 Å². The van der Waals surface area contributed by atoms with Gasteiger partial charge in [-0.1, -0.05) is 41.7 Å². The minimum atomic E-state index is -3.72. The van der Waals surface area contributed by atoms with Gasteiger partial charge in [-0.25, -0.2) is 18.5 Å². The van der Waals surface area contributed by atoms with Crippen LogP contribution in [0.2, 0.25) is 0 Å². The fraction of sp³-hybridized carbons (Fsp3) is 0.250. The van der Waals surface area contributed by atoms with Crippen LogP contribution in [0.4, 0.5) is 5.13 Å². The summed E-state index contributed by atoms with van der Waals surface area (Å²) >= 11 is 0.942. The molecule has 2 aromatic rings. The summed E-state index contributed by atoms with van der Waals surface area (Å²) in [7, 11) is -3.72. The second kappa shape index (κ2) is 6.31. The number of sulfonamides is 1. The highest BCUT2D eigenvalue weighted by Crippen LogP contribution is 2.21. The first-order valence-corrected chi connectivity index (χ1v) is 8.26. The van der Waals surface area contributed by atoms with Crippen LogP contribution in [0, 0.1) is 0 Å². The zero-order chi connectivity index (χ0) is 14.6. The third kappa shape index (κ3) is 4.27. The lowest BCUT2D eigenvalue weighted by Gasteiger charge is -2.10. The van der Waals surface area contributed by atoms with Gasteiger partial charge in [-0.3, -0.25) is 0 Å². The topological polar surface area (TPSA) is 105 Å². The number of hydrogen-bond donors (Lipinski definition) is 3. The molecule has 1 heterocycles. The number of anilines is 1. The van der Waals surface area contributed by atoms with E-state index in [1.165, 1.54) is 6.20 Å². The van der Waals surface area contributed by atoms with Crippen molar-refractivity contribution in [3.8, 4) is 0 Å². The maximum Gasteiger partial charge on any atom is 0.249 e. The second-order valence-electron chi connectivity index (χ2n) is 4.25. The zero-order valence-corrected chi connectivity index (χ0v) is 12.2. The maximum atomic E-state index is 11.1. The van der Waals surface area contributed by atoms with Gasteiger partial charge < -0.3 is 10.4 Å². The summed E-state index contributed by atoms with van der Waals surface area (Å²) in [5.74, 6) is 0. The SMILES string of the molecule is NS(=O)(=O)c1cnc(NCC(O)Cc2ccccc2)s1. The molecule has 0 aliphatic rings. The van der Waals surface area contributed by atoms with Gasteiger partial charge in [0.2, 0.25) is 10.0 Å². The Balaban J connectivity index is 1.87. The van der Waals surface area contributed by atoms with Crippen LogP contribution >= 0.6 is 11.3 Å². The third-order valence-corrected chi connectivity index (χ3v) is 4.93. The van der Waals surface area contributed by atoms with Crippen LogP contribution in [0.15, 0.2) is 40.7 Å². The number of primary sulfonamides is 1. The molecule has 1 aromatic carbocycles. The Labute approximate surface area is 121 Å². The van der Waals surface area contributed by atoms with E-state index < -0.39 is 16.1 Å². The molecule has 6 nitrogen and oxygen atoms in total. The van der Waals surface area contributed by atoms with Crippen molar-refractivity contribution >= 4 is 26.5 Å². The summed E-state index contributed by atoms with van der Waals surface area (Å²) in [5, 5.41) is 18.2. The number of nitrogens with zero attached hydrogens (tertiary/aromatic N) is 1. The predicted octanol–water partition coefficient (Wildman–Crippen LogP) is 0.806. The first-order valence-electron chi connectivity index (χ1n) is 5.89. The first-order chi connectivity index (χ1) is 9.45. The summed E-state index contributed by atoms with van der Waals surface area (Å²) in [6, 6.07) is 9.61. The monoisotopic (exact) mass is 313 g/mol. The molecule has 0 bridgehead atoms. The normalized spacial score (nSPS) is 13.1. The van der Waals surface area contributed by atoms with Gasteiger partial charge in [-0.15, -0.1) is 0 Å². The van der Waals surface area contributed by atoms with E-state index in [9.17, 15) is 13.5 Å². The van der Waals surface area contributed by atoms with E-state index >= 15 is 0 Å². The molecule has 0 saturated carbocycles. The van der Waals surface area contributed by atoms with Crippen molar-refractivity contribution in [2.75, 3.05) is 11.9 Å². The molecular weight excluding hydrogens is 298 g/mol. The number of aliphatic hydroxyl groups is 1. The molecule has 0 radical (unpaired) electrons. The Bertz CT molecular complexity index is 656. The van der Waals surface area contributed by atoms with Crippen molar-refractivity contribution in [1.29, 1.82) is 0 Å². The quantitative estimate of drug-likeness (QED) is 0.732. The van der Waals surface area contributed by atoms with Crippen LogP contribution in [-0.2, 0) is 16.4 Å². The van der Waals surface area contributed by atoms with Gasteiger partial charge in [0.25, 0.3) is 0 Å². The average molecular weight is 313 g/mol. The number of aliphatic hydroxyl groups excluding tert-OH is 1. The number of rotatable bonds is 6. The Morgan fingerprint density at radius 3 is 2.65 bits per heavy atom. The smallest absolute Gasteiger partial charge is 0.249 e. The molecule has 0 saturated heterocycles. The highest BCUT2D eigenvalue weighted by molar-refractivity contribution is 7.91. The molecule has 2 rings (SSSR count). The van der Waals surface area contributed by atoms with Gasteiger partial charge in [-0.05, 0) is 5.56 Å². The van der Waals surface area contributed by atoms with E-state index in [2.05, 4.69) is 10.3 Å². The first kappa shape index (κ1) is 14.9. The third-order valence-electron chi connectivity index (χ3n) is 2.57. The molecule has 1 aromatic heterocycles. The summed E-state index contributed by atoms with van der Waals surface area (Å²) in [6.45, 7) is 0.284. The van der Waals surface area contributed by atoms with Gasteiger partial charge in [-0.2, -0.15) is 0 Å². The number of hydrogen-bond acceptors (Lipinski definition) is 6. The fourth-order valence-corrected chi connectivity index (χ4v) is 3.09. The molecule has 108 valence electrons. The number of thiazole rings is 1. The van der Waals surface area contributed by atoms with Crippen molar-refractivity contribution in [3.63, 3.8) is 0 Å². The number of nitrogens with one attached hydrogen (secondary N) is 1. The summed E-state index contributed by atoms with van der Waals surface area (Å²) < 4.78 is 22.2. The Kier molecular flexibility index (Phi) is 4.71. The number of aromatic nitrogens is 1. The lowest BCUT2D eigenvalue weighted by Crippen LogP contribution is -2.21. The minimum absolute atomic E-state index is 0.00227. The fourth-order valence-electron chi connectivity index (χ4n) is 1.64. The highest BCUT2D eigenvalue weighted by atomic mass is 32.2. The van der Waals surface area contributed by atoms with Crippen molar-refractivity contribution in [2.45, 2.75) is 16.7 Å². The molecule has 0 aliphatic heterocycles. The molecular formula is C12H15N3O3S2. The summed E-state index contributed by atoms with van der Waals surface area (Å²) in [4.78, 5) is 3.90. The average Bonchev–Trinajstić information content (AvgIpc) is 2.86. The maximum absolute atomic E-state index is 11.1. The molecule has 20 heavy (non-hydrogen) atoms. The minimum Gasteiger partial charge on any atom is -0.391 e. The lowest BCUT2D eigenvalue weighted by molar-refractivity contribution is 0.188. The molecule has 0 spiro atoms. The second-order valence-corrected chi connectivity index (χ2v) is 7.07. The molecule has 4 N–H and O–H groups in total. The Morgan fingerprint density at radius 1 is 1.35 bits per heavy atom. The highest BCUT2D eigenvalue weighted by Gasteiger charge is 2.13. The summed E-state index contributed by atoms with van der Waals surface area (Å²) in [5.41, 5.74) is 1.03. The van der Waals surface area contributed by atoms with Crippen LogP contribution < -0.4 is 10.5 Å². The number of nitrogens with two attached hydrogens (primary N) is 1. The van der Waals surface area contributed by atoms with Crippen molar-refractivity contribution in [3.05, 3.63) is 42.1 Å². The van der Waals surface area contributed by atoms with Gasteiger partial charge in [0.15, 0.2) is 9.34 Å². The standard InChI is InChI=1S/C12H15N3O3S2/c13-20(17,18)11-8-15-12(19-11)14-7-10(16)6-9-4-2-1-3-5-9/h1-5,8,10,16H,6-7H2,(H,14,15)(H2,13,17,18).